The molecule has 0 amide bonds. The first-order valence-electron chi connectivity index (χ1n) is 6.52. The summed E-state index contributed by atoms with van der Waals surface area (Å²) in [6, 6.07) is 7.18. The molecule has 3 rings (SSSR count). The second kappa shape index (κ2) is 4.57. The quantitative estimate of drug-likeness (QED) is 0.836. The second-order valence-electron chi connectivity index (χ2n) is 5.05. The fourth-order valence-electron chi connectivity index (χ4n) is 2.52. The number of methoxy groups -OCH3 is 1. The molecule has 92 valence electrons. The van der Waals surface area contributed by atoms with Crippen molar-refractivity contribution in [1.82, 2.24) is 5.32 Å². The Morgan fingerprint density at radius 1 is 1.35 bits per heavy atom. The van der Waals surface area contributed by atoms with E-state index in [0.717, 1.165) is 24.9 Å². The summed E-state index contributed by atoms with van der Waals surface area (Å²) in [5.74, 6) is 1.59. The average molecular weight is 232 g/mol. The SMILES string of the molecule is COc1ccc2c(c1)NCCC2CNC1CC1. The van der Waals surface area contributed by atoms with Gasteiger partial charge in [0.05, 0.1) is 7.11 Å². The lowest BCUT2D eigenvalue weighted by molar-refractivity contribution is 0.414. The van der Waals surface area contributed by atoms with Crippen LogP contribution in [0.15, 0.2) is 18.2 Å². The Kier molecular flexibility index (Phi) is 2.93. The van der Waals surface area contributed by atoms with Gasteiger partial charge in [-0.05, 0) is 30.9 Å². The summed E-state index contributed by atoms with van der Waals surface area (Å²) in [4.78, 5) is 0. The molecule has 17 heavy (non-hydrogen) atoms. The smallest absolute Gasteiger partial charge is 0.120 e. The Balaban J connectivity index is 1.75. The lowest BCUT2D eigenvalue weighted by atomic mass is 9.91. The molecule has 2 aliphatic rings. The van der Waals surface area contributed by atoms with Crippen LogP contribution in [0.4, 0.5) is 5.69 Å². The number of anilines is 1. The molecule has 2 N–H and O–H groups in total. The highest BCUT2D eigenvalue weighted by molar-refractivity contribution is 5.58. The molecule has 1 aliphatic heterocycles. The van der Waals surface area contributed by atoms with Gasteiger partial charge in [-0.3, -0.25) is 0 Å². The van der Waals surface area contributed by atoms with Crippen LogP contribution in [0, 0.1) is 0 Å². The van der Waals surface area contributed by atoms with Gasteiger partial charge in [-0.25, -0.2) is 0 Å². The zero-order valence-electron chi connectivity index (χ0n) is 10.3. The van der Waals surface area contributed by atoms with E-state index in [1.54, 1.807) is 7.11 Å². The Labute approximate surface area is 103 Å². The van der Waals surface area contributed by atoms with Gasteiger partial charge in [0.2, 0.25) is 0 Å². The van der Waals surface area contributed by atoms with Gasteiger partial charge < -0.3 is 15.4 Å². The highest BCUT2D eigenvalue weighted by atomic mass is 16.5. The van der Waals surface area contributed by atoms with E-state index in [2.05, 4.69) is 28.8 Å². The van der Waals surface area contributed by atoms with Crippen molar-refractivity contribution in [2.45, 2.75) is 31.2 Å². The summed E-state index contributed by atoms with van der Waals surface area (Å²) in [5, 5.41) is 7.10. The normalized spacial score (nSPS) is 22.8. The second-order valence-corrected chi connectivity index (χ2v) is 5.05. The molecule has 0 saturated heterocycles. The Bertz CT molecular complexity index is 401. The molecule has 1 aromatic carbocycles. The standard InChI is InChI=1S/C14H20N2O/c1-17-12-4-5-13-10(9-16-11-2-3-11)6-7-15-14(13)8-12/h4-5,8,10-11,15-16H,2-3,6-7,9H2,1H3. The Morgan fingerprint density at radius 2 is 2.24 bits per heavy atom. The summed E-state index contributed by atoms with van der Waals surface area (Å²) in [6.07, 6.45) is 3.94. The molecular weight excluding hydrogens is 212 g/mol. The minimum atomic E-state index is 0.651. The number of benzene rings is 1. The number of rotatable bonds is 4. The van der Waals surface area contributed by atoms with Gasteiger partial charge in [0.25, 0.3) is 0 Å². The van der Waals surface area contributed by atoms with E-state index in [0.29, 0.717) is 5.92 Å². The lowest BCUT2D eigenvalue weighted by Gasteiger charge is -2.27. The van der Waals surface area contributed by atoms with Crippen LogP contribution in [0.25, 0.3) is 0 Å². The van der Waals surface area contributed by atoms with E-state index in [9.17, 15) is 0 Å². The monoisotopic (exact) mass is 232 g/mol. The van der Waals surface area contributed by atoms with Crippen molar-refractivity contribution in [2.75, 3.05) is 25.5 Å². The van der Waals surface area contributed by atoms with E-state index < -0.39 is 0 Å². The lowest BCUT2D eigenvalue weighted by Crippen LogP contribution is -2.28. The van der Waals surface area contributed by atoms with Crippen molar-refractivity contribution in [3.05, 3.63) is 23.8 Å². The highest BCUT2D eigenvalue weighted by Gasteiger charge is 2.25. The molecule has 1 saturated carbocycles. The first-order valence-corrected chi connectivity index (χ1v) is 6.52. The van der Waals surface area contributed by atoms with Crippen LogP contribution in [0.3, 0.4) is 0 Å². The number of ether oxygens (including phenoxy) is 1. The Hall–Kier alpha value is -1.22. The molecule has 0 radical (unpaired) electrons. The predicted molar refractivity (Wildman–Crippen MR) is 69.9 cm³/mol. The van der Waals surface area contributed by atoms with Crippen molar-refractivity contribution in [1.29, 1.82) is 0 Å². The third-order valence-corrected chi connectivity index (χ3v) is 3.74. The van der Waals surface area contributed by atoms with Crippen LogP contribution >= 0.6 is 0 Å². The Morgan fingerprint density at radius 3 is 3.00 bits per heavy atom. The highest BCUT2D eigenvalue weighted by Crippen LogP contribution is 2.34. The van der Waals surface area contributed by atoms with Gasteiger partial charge in [-0.2, -0.15) is 0 Å². The molecule has 3 nitrogen and oxygen atoms in total. The van der Waals surface area contributed by atoms with Crippen molar-refractivity contribution in [3.8, 4) is 5.75 Å². The van der Waals surface area contributed by atoms with Crippen molar-refractivity contribution in [2.24, 2.45) is 0 Å². The molecular formula is C14H20N2O. The maximum absolute atomic E-state index is 5.27. The van der Waals surface area contributed by atoms with E-state index in [1.165, 1.54) is 30.5 Å². The third-order valence-electron chi connectivity index (χ3n) is 3.74. The summed E-state index contributed by atoms with van der Waals surface area (Å²) >= 11 is 0. The molecule has 0 spiro atoms. The van der Waals surface area contributed by atoms with E-state index >= 15 is 0 Å². The number of nitrogens with one attached hydrogen (secondary N) is 2. The number of fused-ring (bicyclic) bond motifs is 1. The fourth-order valence-corrected chi connectivity index (χ4v) is 2.52. The van der Waals surface area contributed by atoms with Gasteiger partial charge >= 0.3 is 0 Å². The summed E-state index contributed by atoms with van der Waals surface area (Å²) < 4.78 is 5.27. The van der Waals surface area contributed by atoms with Crippen LogP contribution in [0.2, 0.25) is 0 Å². The van der Waals surface area contributed by atoms with Gasteiger partial charge in [0, 0.05) is 36.8 Å². The van der Waals surface area contributed by atoms with Gasteiger partial charge in [-0.1, -0.05) is 6.07 Å². The van der Waals surface area contributed by atoms with Crippen LogP contribution < -0.4 is 15.4 Å². The van der Waals surface area contributed by atoms with E-state index in [1.807, 2.05) is 0 Å². The average Bonchev–Trinajstić information content (AvgIpc) is 3.19. The molecule has 1 heterocycles. The van der Waals surface area contributed by atoms with Crippen molar-refractivity contribution in [3.63, 3.8) is 0 Å². The first kappa shape index (κ1) is 10.9. The topological polar surface area (TPSA) is 33.3 Å². The van der Waals surface area contributed by atoms with Crippen LogP contribution in [-0.2, 0) is 0 Å². The summed E-state index contributed by atoms with van der Waals surface area (Å²) in [7, 11) is 1.72. The van der Waals surface area contributed by atoms with Crippen LogP contribution in [0.5, 0.6) is 5.75 Å². The third kappa shape index (κ3) is 2.39. The molecule has 1 aliphatic carbocycles. The predicted octanol–water partition coefficient (Wildman–Crippen LogP) is 2.35. The molecule has 0 aromatic heterocycles. The molecule has 1 atom stereocenters. The van der Waals surface area contributed by atoms with E-state index in [-0.39, 0.29) is 0 Å². The van der Waals surface area contributed by atoms with Gasteiger partial charge in [0.1, 0.15) is 5.75 Å². The summed E-state index contributed by atoms with van der Waals surface area (Å²) in [6.45, 7) is 2.18. The summed E-state index contributed by atoms with van der Waals surface area (Å²) in [5.41, 5.74) is 2.68. The molecule has 3 heteroatoms. The molecule has 1 unspecified atom stereocenters. The molecule has 0 bridgehead atoms. The number of hydrogen-bond acceptors (Lipinski definition) is 3. The fraction of sp³-hybridized carbons (Fsp3) is 0.571. The van der Waals surface area contributed by atoms with Gasteiger partial charge in [-0.15, -0.1) is 0 Å². The van der Waals surface area contributed by atoms with Gasteiger partial charge in [0.15, 0.2) is 0 Å². The van der Waals surface area contributed by atoms with E-state index in [4.69, 9.17) is 4.74 Å². The van der Waals surface area contributed by atoms with Crippen molar-refractivity contribution < 1.29 is 4.74 Å². The maximum atomic E-state index is 5.27. The van der Waals surface area contributed by atoms with Crippen LogP contribution in [0.1, 0.15) is 30.7 Å². The minimum absolute atomic E-state index is 0.651. The minimum Gasteiger partial charge on any atom is -0.497 e. The van der Waals surface area contributed by atoms with Crippen molar-refractivity contribution >= 4 is 5.69 Å². The zero-order valence-corrected chi connectivity index (χ0v) is 10.3. The van der Waals surface area contributed by atoms with Crippen LogP contribution in [-0.4, -0.2) is 26.2 Å². The molecule has 1 aromatic rings. The zero-order chi connectivity index (χ0) is 11.7. The number of hydrogen-bond donors (Lipinski definition) is 2. The molecule has 1 fully saturated rings. The first-order chi connectivity index (χ1) is 8.36. The largest absolute Gasteiger partial charge is 0.497 e. The maximum Gasteiger partial charge on any atom is 0.120 e.